The van der Waals surface area contributed by atoms with Crippen LogP contribution in [0.3, 0.4) is 0 Å². The predicted octanol–water partition coefficient (Wildman–Crippen LogP) is 3.53. The fourth-order valence-corrected chi connectivity index (χ4v) is 5.72. The number of benzene rings is 1. The van der Waals surface area contributed by atoms with Crippen LogP contribution in [0.15, 0.2) is 21.4 Å². The summed E-state index contributed by atoms with van der Waals surface area (Å²) in [4.78, 5) is 19.8. The van der Waals surface area contributed by atoms with Gasteiger partial charge in [-0.1, -0.05) is 13.1 Å². The standard InChI is InChI=1S/C16H22BrN3OSi/c1-11-9-12-14(13(17)10-11)18-16(19(2)15(12)21)20-5-7-22(3,4)8-6-20/h9-10H,5-8H2,1-4H3. The largest absolute Gasteiger partial charge is 0.343 e. The van der Waals surface area contributed by atoms with Gasteiger partial charge in [0.05, 0.1) is 19.0 Å². The first-order chi connectivity index (χ1) is 10.3. The van der Waals surface area contributed by atoms with Crippen LogP contribution in [0.5, 0.6) is 0 Å². The summed E-state index contributed by atoms with van der Waals surface area (Å²) < 4.78 is 2.60. The van der Waals surface area contributed by atoms with E-state index in [0.717, 1.165) is 34.6 Å². The molecule has 0 spiro atoms. The van der Waals surface area contributed by atoms with Gasteiger partial charge in [0.25, 0.3) is 5.56 Å². The van der Waals surface area contributed by atoms with Crippen molar-refractivity contribution in [1.29, 1.82) is 0 Å². The Morgan fingerprint density at radius 2 is 1.86 bits per heavy atom. The summed E-state index contributed by atoms with van der Waals surface area (Å²) in [5.74, 6) is 0.798. The summed E-state index contributed by atoms with van der Waals surface area (Å²) in [7, 11) is 0.797. The molecule has 0 bridgehead atoms. The third-order valence-electron chi connectivity index (χ3n) is 4.65. The first-order valence-corrected chi connectivity index (χ1v) is 11.9. The van der Waals surface area contributed by atoms with E-state index in [-0.39, 0.29) is 5.56 Å². The molecule has 2 heterocycles. The Bertz CT molecular complexity index is 790. The lowest BCUT2D eigenvalue weighted by atomic mass is 10.2. The zero-order chi connectivity index (χ0) is 16.1. The van der Waals surface area contributed by atoms with Gasteiger partial charge in [-0.25, -0.2) is 4.98 Å². The van der Waals surface area contributed by atoms with Crippen molar-refractivity contribution in [3.05, 3.63) is 32.5 Å². The van der Waals surface area contributed by atoms with Crippen molar-refractivity contribution in [2.75, 3.05) is 18.0 Å². The van der Waals surface area contributed by atoms with Gasteiger partial charge in [-0.2, -0.15) is 0 Å². The smallest absolute Gasteiger partial charge is 0.262 e. The molecule has 0 aliphatic carbocycles. The number of anilines is 1. The molecule has 2 aromatic rings. The summed E-state index contributed by atoms with van der Waals surface area (Å²) in [5, 5.41) is 0.685. The van der Waals surface area contributed by atoms with E-state index in [4.69, 9.17) is 4.98 Å². The van der Waals surface area contributed by atoms with Gasteiger partial charge in [0, 0.05) is 24.6 Å². The first kappa shape index (κ1) is 15.7. The van der Waals surface area contributed by atoms with Crippen molar-refractivity contribution in [3.63, 3.8) is 0 Å². The lowest BCUT2D eigenvalue weighted by Gasteiger charge is -2.36. The van der Waals surface area contributed by atoms with E-state index >= 15 is 0 Å². The zero-order valence-electron chi connectivity index (χ0n) is 13.6. The molecular weight excluding hydrogens is 358 g/mol. The number of hydrogen-bond acceptors (Lipinski definition) is 3. The molecule has 4 nitrogen and oxygen atoms in total. The van der Waals surface area contributed by atoms with Crippen LogP contribution >= 0.6 is 15.9 Å². The van der Waals surface area contributed by atoms with Crippen LogP contribution in [0.2, 0.25) is 25.2 Å². The summed E-state index contributed by atoms with van der Waals surface area (Å²) >= 11 is 3.56. The van der Waals surface area contributed by atoms with Crippen molar-refractivity contribution in [3.8, 4) is 0 Å². The Labute approximate surface area is 140 Å². The number of halogens is 1. The molecule has 1 saturated heterocycles. The molecule has 0 atom stereocenters. The molecular formula is C16H22BrN3OSi. The second-order valence-corrected chi connectivity index (χ2v) is 13.3. The fraction of sp³-hybridized carbons (Fsp3) is 0.500. The minimum atomic E-state index is -1.03. The highest BCUT2D eigenvalue weighted by molar-refractivity contribution is 9.10. The fourth-order valence-electron chi connectivity index (χ4n) is 3.05. The topological polar surface area (TPSA) is 38.1 Å². The van der Waals surface area contributed by atoms with Crippen LogP contribution in [-0.4, -0.2) is 30.7 Å². The molecule has 0 radical (unpaired) electrons. The van der Waals surface area contributed by atoms with E-state index in [1.54, 1.807) is 4.57 Å². The van der Waals surface area contributed by atoms with Crippen molar-refractivity contribution < 1.29 is 0 Å². The van der Waals surface area contributed by atoms with Crippen molar-refractivity contribution >= 4 is 40.9 Å². The first-order valence-electron chi connectivity index (χ1n) is 7.70. The third-order valence-corrected chi connectivity index (χ3v) is 8.41. The highest BCUT2D eigenvalue weighted by Crippen LogP contribution is 2.27. The summed E-state index contributed by atoms with van der Waals surface area (Å²) in [6.45, 7) is 8.89. The van der Waals surface area contributed by atoms with Crippen molar-refractivity contribution in [1.82, 2.24) is 9.55 Å². The maximum absolute atomic E-state index is 12.7. The Morgan fingerprint density at radius 1 is 1.23 bits per heavy atom. The molecule has 1 aromatic carbocycles. The molecule has 0 amide bonds. The zero-order valence-corrected chi connectivity index (χ0v) is 16.2. The molecule has 6 heteroatoms. The summed E-state index contributed by atoms with van der Waals surface area (Å²) in [6.07, 6.45) is 0. The average molecular weight is 380 g/mol. The van der Waals surface area contributed by atoms with Crippen molar-refractivity contribution in [2.45, 2.75) is 32.1 Å². The second kappa shape index (κ2) is 5.49. The molecule has 1 aliphatic rings. The van der Waals surface area contributed by atoms with Crippen LogP contribution in [-0.2, 0) is 7.05 Å². The molecule has 0 saturated carbocycles. The van der Waals surface area contributed by atoms with Crippen LogP contribution in [0.1, 0.15) is 5.56 Å². The van der Waals surface area contributed by atoms with Gasteiger partial charge in [-0.15, -0.1) is 0 Å². The van der Waals surface area contributed by atoms with Crippen LogP contribution in [0.25, 0.3) is 10.9 Å². The van der Waals surface area contributed by atoms with Gasteiger partial charge in [0.1, 0.15) is 0 Å². The molecule has 0 unspecified atom stereocenters. The highest BCUT2D eigenvalue weighted by Gasteiger charge is 2.29. The SMILES string of the molecule is Cc1cc(Br)c2nc(N3CC[Si](C)(C)CC3)n(C)c(=O)c2c1. The molecule has 3 rings (SSSR count). The third kappa shape index (κ3) is 2.74. The van der Waals surface area contributed by atoms with E-state index in [1.165, 1.54) is 12.1 Å². The predicted molar refractivity (Wildman–Crippen MR) is 98.7 cm³/mol. The Kier molecular flexibility index (Phi) is 3.93. The van der Waals surface area contributed by atoms with E-state index in [0.29, 0.717) is 5.39 Å². The van der Waals surface area contributed by atoms with Gasteiger partial charge < -0.3 is 4.90 Å². The van der Waals surface area contributed by atoms with E-state index in [9.17, 15) is 4.79 Å². The van der Waals surface area contributed by atoms with E-state index < -0.39 is 8.07 Å². The maximum Gasteiger partial charge on any atom is 0.262 e. The number of nitrogens with zero attached hydrogens (tertiary/aromatic N) is 3. The molecule has 1 fully saturated rings. The van der Waals surface area contributed by atoms with Crippen LogP contribution < -0.4 is 10.5 Å². The minimum Gasteiger partial charge on any atom is -0.343 e. The minimum absolute atomic E-state index is 0.0338. The van der Waals surface area contributed by atoms with Crippen LogP contribution in [0.4, 0.5) is 5.95 Å². The van der Waals surface area contributed by atoms with Gasteiger partial charge in [-0.3, -0.25) is 9.36 Å². The summed E-state index contributed by atoms with van der Waals surface area (Å²) in [6, 6.07) is 6.46. The molecule has 0 N–H and O–H groups in total. The average Bonchev–Trinajstić information content (AvgIpc) is 2.44. The van der Waals surface area contributed by atoms with Gasteiger partial charge >= 0.3 is 0 Å². The lowest BCUT2D eigenvalue weighted by molar-refractivity contribution is 0.719. The number of fused-ring (bicyclic) bond motifs is 1. The van der Waals surface area contributed by atoms with Crippen LogP contribution in [0, 0.1) is 6.92 Å². The Morgan fingerprint density at radius 3 is 2.50 bits per heavy atom. The highest BCUT2D eigenvalue weighted by atomic mass is 79.9. The van der Waals surface area contributed by atoms with E-state index in [1.807, 2.05) is 26.1 Å². The number of aromatic nitrogens is 2. The quantitative estimate of drug-likeness (QED) is 0.711. The normalized spacial score (nSPS) is 18.0. The molecule has 22 heavy (non-hydrogen) atoms. The second-order valence-electron chi connectivity index (χ2n) is 7.07. The maximum atomic E-state index is 12.7. The van der Waals surface area contributed by atoms with Crippen molar-refractivity contribution in [2.24, 2.45) is 7.05 Å². The number of aryl methyl sites for hydroxylation is 1. The monoisotopic (exact) mass is 379 g/mol. The number of rotatable bonds is 1. The molecule has 1 aromatic heterocycles. The lowest BCUT2D eigenvalue weighted by Crippen LogP contribution is -2.44. The molecule has 118 valence electrons. The number of hydrogen-bond donors (Lipinski definition) is 0. The van der Waals surface area contributed by atoms with E-state index in [2.05, 4.69) is 33.9 Å². The molecule has 1 aliphatic heterocycles. The Balaban J connectivity index is 2.12. The van der Waals surface area contributed by atoms with Gasteiger partial charge in [0.15, 0.2) is 0 Å². The Hall–Kier alpha value is -1.14. The van der Waals surface area contributed by atoms with Gasteiger partial charge in [0.2, 0.25) is 5.95 Å². The van der Waals surface area contributed by atoms with Gasteiger partial charge in [-0.05, 0) is 52.6 Å². The summed E-state index contributed by atoms with van der Waals surface area (Å²) in [5.41, 5.74) is 1.87.